The van der Waals surface area contributed by atoms with E-state index in [-0.39, 0.29) is 11.8 Å². The highest BCUT2D eigenvalue weighted by Crippen LogP contribution is 2.27. The Labute approximate surface area is 141 Å². The van der Waals surface area contributed by atoms with Crippen molar-refractivity contribution in [3.05, 3.63) is 53.6 Å². The third kappa shape index (κ3) is 3.25. The largest absolute Gasteiger partial charge is 0.497 e. The Bertz CT molecular complexity index is 769. The van der Waals surface area contributed by atoms with E-state index in [1.54, 1.807) is 31.4 Å². The molecule has 2 amide bonds. The van der Waals surface area contributed by atoms with E-state index in [0.717, 1.165) is 24.2 Å². The van der Waals surface area contributed by atoms with Crippen molar-refractivity contribution in [2.75, 3.05) is 23.9 Å². The lowest BCUT2D eigenvalue weighted by atomic mass is 10.1. The molecular weight excluding hydrogens is 304 g/mol. The number of benzene rings is 2. The van der Waals surface area contributed by atoms with Crippen LogP contribution in [-0.4, -0.2) is 25.5 Å². The minimum absolute atomic E-state index is 0.160. The third-order valence-corrected chi connectivity index (χ3v) is 4.17. The van der Waals surface area contributed by atoms with Gasteiger partial charge in [0.05, 0.1) is 7.11 Å². The fraction of sp³-hybridized carbons (Fsp3) is 0.263. The van der Waals surface area contributed by atoms with E-state index >= 15 is 0 Å². The number of nitrogens with zero attached hydrogens (tertiary/aromatic N) is 1. The van der Waals surface area contributed by atoms with Gasteiger partial charge in [0.1, 0.15) is 5.75 Å². The first-order chi connectivity index (χ1) is 11.6. The van der Waals surface area contributed by atoms with Gasteiger partial charge in [-0.3, -0.25) is 9.59 Å². The van der Waals surface area contributed by atoms with Crippen LogP contribution in [0.15, 0.2) is 42.5 Å². The molecule has 0 unspecified atom stereocenters. The second-order valence-corrected chi connectivity index (χ2v) is 5.83. The van der Waals surface area contributed by atoms with Gasteiger partial charge < -0.3 is 15.0 Å². The molecule has 0 saturated carbocycles. The summed E-state index contributed by atoms with van der Waals surface area (Å²) < 4.78 is 5.09. The number of aryl methyl sites for hydroxylation is 1. The van der Waals surface area contributed by atoms with Gasteiger partial charge >= 0.3 is 0 Å². The van der Waals surface area contributed by atoms with Crippen molar-refractivity contribution in [1.82, 2.24) is 0 Å². The Kier molecular flexibility index (Phi) is 4.51. The molecule has 5 nitrogen and oxygen atoms in total. The normalized spacial score (nSPS) is 13.9. The number of carbonyl (C=O) groups is 2. The first kappa shape index (κ1) is 16.1. The number of hydrogen-bond acceptors (Lipinski definition) is 3. The van der Waals surface area contributed by atoms with Gasteiger partial charge in [-0.2, -0.15) is 0 Å². The highest BCUT2D eigenvalue weighted by Gasteiger charge is 2.23. The Hall–Kier alpha value is -2.82. The van der Waals surface area contributed by atoms with Crippen molar-refractivity contribution in [3.8, 4) is 5.75 Å². The van der Waals surface area contributed by atoms with E-state index in [0.29, 0.717) is 23.4 Å². The fourth-order valence-corrected chi connectivity index (χ4v) is 2.88. The van der Waals surface area contributed by atoms with Crippen LogP contribution in [0, 0.1) is 6.92 Å². The lowest BCUT2D eigenvalue weighted by Crippen LogP contribution is -2.24. The van der Waals surface area contributed by atoms with Gasteiger partial charge in [0.2, 0.25) is 5.91 Å². The number of amides is 2. The number of methoxy groups -OCH3 is 1. The van der Waals surface area contributed by atoms with E-state index < -0.39 is 0 Å². The average molecular weight is 324 g/mol. The Morgan fingerprint density at radius 3 is 2.50 bits per heavy atom. The van der Waals surface area contributed by atoms with Crippen molar-refractivity contribution in [2.45, 2.75) is 19.8 Å². The zero-order valence-corrected chi connectivity index (χ0v) is 13.8. The molecule has 1 heterocycles. The van der Waals surface area contributed by atoms with E-state index in [9.17, 15) is 9.59 Å². The van der Waals surface area contributed by atoms with E-state index in [2.05, 4.69) is 5.32 Å². The van der Waals surface area contributed by atoms with Gasteiger partial charge in [-0.15, -0.1) is 0 Å². The van der Waals surface area contributed by atoms with Crippen LogP contribution >= 0.6 is 0 Å². The van der Waals surface area contributed by atoms with Crippen LogP contribution in [0.4, 0.5) is 11.4 Å². The minimum Gasteiger partial charge on any atom is -0.497 e. The summed E-state index contributed by atoms with van der Waals surface area (Å²) in [6.45, 7) is 2.71. The van der Waals surface area contributed by atoms with Crippen LogP contribution in [0.25, 0.3) is 0 Å². The molecular formula is C19H20N2O3. The van der Waals surface area contributed by atoms with Gasteiger partial charge in [0, 0.05) is 29.9 Å². The van der Waals surface area contributed by atoms with Crippen molar-refractivity contribution in [3.63, 3.8) is 0 Å². The monoisotopic (exact) mass is 324 g/mol. The molecule has 1 N–H and O–H groups in total. The molecule has 0 spiro atoms. The first-order valence-electron chi connectivity index (χ1n) is 7.95. The van der Waals surface area contributed by atoms with E-state index in [1.165, 1.54) is 0 Å². The molecule has 1 aliphatic heterocycles. The zero-order valence-electron chi connectivity index (χ0n) is 13.8. The summed E-state index contributed by atoms with van der Waals surface area (Å²) in [4.78, 5) is 26.0. The predicted octanol–water partition coefficient (Wildman–Crippen LogP) is 3.38. The molecule has 1 fully saturated rings. The lowest BCUT2D eigenvalue weighted by molar-refractivity contribution is -0.117. The second-order valence-electron chi connectivity index (χ2n) is 5.83. The van der Waals surface area contributed by atoms with Crippen LogP contribution in [0.5, 0.6) is 5.75 Å². The molecule has 0 aromatic heterocycles. The smallest absolute Gasteiger partial charge is 0.255 e. The fourth-order valence-electron chi connectivity index (χ4n) is 2.88. The third-order valence-electron chi connectivity index (χ3n) is 4.17. The van der Waals surface area contributed by atoms with Crippen molar-refractivity contribution < 1.29 is 14.3 Å². The van der Waals surface area contributed by atoms with Gasteiger partial charge in [-0.05, 0) is 61.4 Å². The second kappa shape index (κ2) is 6.74. The van der Waals surface area contributed by atoms with Gasteiger partial charge in [-0.1, -0.05) is 0 Å². The van der Waals surface area contributed by atoms with Gasteiger partial charge in [0.25, 0.3) is 5.91 Å². The molecule has 3 rings (SSSR count). The molecule has 2 aromatic carbocycles. The quantitative estimate of drug-likeness (QED) is 0.938. The number of hydrogen-bond donors (Lipinski definition) is 1. The van der Waals surface area contributed by atoms with Crippen LogP contribution in [0.2, 0.25) is 0 Å². The maximum Gasteiger partial charge on any atom is 0.255 e. The Morgan fingerprint density at radius 1 is 1.17 bits per heavy atom. The summed E-state index contributed by atoms with van der Waals surface area (Å²) in [6.07, 6.45) is 1.50. The zero-order chi connectivity index (χ0) is 17.1. The van der Waals surface area contributed by atoms with Gasteiger partial charge in [-0.25, -0.2) is 0 Å². The number of anilines is 2. The van der Waals surface area contributed by atoms with Crippen LogP contribution in [0.3, 0.4) is 0 Å². The molecule has 0 aliphatic carbocycles. The van der Waals surface area contributed by atoms with E-state index in [4.69, 9.17) is 4.74 Å². The summed E-state index contributed by atoms with van der Waals surface area (Å²) in [7, 11) is 1.59. The van der Waals surface area contributed by atoms with Crippen molar-refractivity contribution in [1.29, 1.82) is 0 Å². The minimum atomic E-state index is -0.179. The molecule has 0 radical (unpaired) electrons. The molecule has 1 aliphatic rings. The van der Waals surface area contributed by atoms with Crippen LogP contribution in [-0.2, 0) is 4.79 Å². The summed E-state index contributed by atoms with van der Waals surface area (Å²) in [5.74, 6) is 0.692. The number of rotatable bonds is 4. The highest BCUT2D eigenvalue weighted by atomic mass is 16.5. The van der Waals surface area contributed by atoms with Crippen molar-refractivity contribution >= 4 is 23.2 Å². The standard InChI is InChI=1S/C19H20N2O3/c1-13-12-15(7-10-17(13)21-11-3-4-18(21)22)20-19(23)14-5-8-16(24-2)9-6-14/h5-10,12H,3-4,11H2,1-2H3,(H,20,23). The summed E-state index contributed by atoms with van der Waals surface area (Å²) in [5, 5.41) is 2.88. The molecule has 1 saturated heterocycles. The highest BCUT2D eigenvalue weighted by molar-refractivity contribution is 6.04. The number of carbonyl (C=O) groups excluding carboxylic acids is 2. The molecule has 0 atom stereocenters. The Balaban J connectivity index is 1.74. The van der Waals surface area contributed by atoms with Gasteiger partial charge in [0.15, 0.2) is 0 Å². The first-order valence-corrected chi connectivity index (χ1v) is 7.95. The summed E-state index contributed by atoms with van der Waals surface area (Å²) in [6, 6.07) is 12.6. The number of ether oxygens (including phenoxy) is 1. The predicted molar refractivity (Wildman–Crippen MR) is 93.7 cm³/mol. The molecule has 2 aromatic rings. The average Bonchev–Trinajstić information content (AvgIpc) is 3.01. The molecule has 124 valence electrons. The maximum atomic E-state index is 12.3. The number of nitrogens with one attached hydrogen (secondary N) is 1. The van der Waals surface area contributed by atoms with E-state index in [1.807, 2.05) is 30.0 Å². The summed E-state index contributed by atoms with van der Waals surface area (Å²) in [5.41, 5.74) is 3.16. The molecule has 0 bridgehead atoms. The molecule has 5 heteroatoms. The topological polar surface area (TPSA) is 58.6 Å². The Morgan fingerprint density at radius 2 is 1.92 bits per heavy atom. The van der Waals surface area contributed by atoms with Crippen molar-refractivity contribution in [2.24, 2.45) is 0 Å². The SMILES string of the molecule is COc1ccc(C(=O)Nc2ccc(N3CCCC3=O)c(C)c2)cc1. The summed E-state index contributed by atoms with van der Waals surface area (Å²) >= 11 is 0. The van der Waals surface area contributed by atoms with Crippen LogP contribution in [0.1, 0.15) is 28.8 Å². The molecule has 24 heavy (non-hydrogen) atoms. The lowest BCUT2D eigenvalue weighted by Gasteiger charge is -2.19. The maximum absolute atomic E-state index is 12.3. The van der Waals surface area contributed by atoms with Crippen LogP contribution < -0.4 is 15.0 Å².